The Morgan fingerprint density at radius 3 is 2.82 bits per heavy atom. The van der Waals surface area contributed by atoms with Crippen LogP contribution >= 0.6 is 22.7 Å². The topological polar surface area (TPSA) is 119 Å². The maximum absolute atomic E-state index is 10.0. The van der Waals surface area contributed by atoms with Gasteiger partial charge in [-0.05, 0) is 23.6 Å². The molecule has 1 fully saturated rings. The van der Waals surface area contributed by atoms with Crippen molar-refractivity contribution in [3.05, 3.63) is 36.0 Å². The van der Waals surface area contributed by atoms with Crippen molar-refractivity contribution in [1.29, 1.82) is 0 Å². The van der Waals surface area contributed by atoms with Crippen LogP contribution in [0.3, 0.4) is 0 Å². The van der Waals surface area contributed by atoms with E-state index in [1.54, 1.807) is 33.6 Å². The van der Waals surface area contributed by atoms with E-state index in [2.05, 4.69) is 27.1 Å². The molecule has 0 spiro atoms. The number of aromatic nitrogens is 4. The van der Waals surface area contributed by atoms with Crippen molar-refractivity contribution in [3.8, 4) is 20.3 Å². The largest absolute Gasteiger partial charge is 0.394 e. The highest BCUT2D eigenvalue weighted by atomic mass is 32.1. The molecule has 1 aliphatic heterocycles. The quantitative estimate of drug-likeness (QED) is 0.468. The first-order chi connectivity index (χ1) is 13.6. The van der Waals surface area contributed by atoms with Gasteiger partial charge >= 0.3 is 0 Å². The molecule has 4 N–H and O–H groups in total. The van der Waals surface area contributed by atoms with Gasteiger partial charge in [0.15, 0.2) is 5.65 Å². The van der Waals surface area contributed by atoms with Crippen LogP contribution in [0.1, 0.15) is 12.6 Å². The summed E-state index contributed by atoms with van der Waals surface area (Å²) in [5.41, 5.74) is 7.83. The SMILES string of the molecule is Nc1nc(-c2ccc(-c3cccs3)s2)c2ncn([C@H]3C[C@H](O)[C@@H](CO)O3)c2n1. The van der Waals surface area contributed by atoms with Gasteiger partial charge in [-0.25, -0.2) is 9.97 Å². The van der Waals surface area contributed by atoms with Crippen LogP contribution in [-0.2, 0) is 4.74 Å². The minimum atomic E-state index is -0.739. The van der Waals surface area contributed by atoms with Gasteiger partial charge in [-0.2, -0.15) is 4.98 Å². The number of hydrogen-bond donors (Lipinski definition) is 3. The molecule has 10 heteroatoms. The van der Waals surface area contributed by atoms with E-state index in [4.69, 9.17) is 10.5 Å². The lowest BCUT2D eigenvalue weighted by Crippen LogP contribution is -2.24. The van der Waals surface area contributed by atoms with E-state index < -0.39 is 18.4 Å². The Morgan fingerprint density at radius 2 is 2.07 bits per heavy atom. The number of nitrogens with zero attached hydrogens (tertiary/aromatic N) is 4. The molecule has 1 saturated heterocycles. The number of aliphatic hydroxyl groups is 2. The Morgan fingerprint density at radius 1 is 1.21 bits per heavy atom. The zero-order valence-electron chi connectivity index (χ0n) is 14.6. The lowest BCUT2D eigenvalue weighted by Gasteiger charge is -2.13. The van der Waals surface area contributed by atoms with E-state index in [1.807, 2.05) is 17.5 Å². The van der Waals surface area contributed by atoms with Gasteiger partial charge in [0, 0.05) is 16.2 Å². The van der Waals surface area contributed by atoms with Crippen LogP contribution in [0, 0.1) is 0 Å². The van der Waals surface area contributed by atoms with E-state index in [-0.39, 0.29) is 12.6 Å². The first-order valence-electron chi connectivity index (χ1n) is 8.72. The molecule has 0 unspecified atom stereocenters. The normalized spacial score (nSPS) is 22.3. The summed E-state index contributed by atoms with van der Waals surface area (Å²) in [6, 6.07) is 8.18. The molecule has 28 heavy (non-hydrogen) atoms. The Hall–Kier alpha value is -2.37. The summed E-state index contributed by atoms with van der Waals surface area (Å²) < 4.78 is 7.48. The Bertz CT molecular complexity index is 1120. The molecule has 3 atom stereocenters. The number of nitrogens with two attached hydrogens (primary N) is 1. The molecule has 0 aromatic carbocycles. The van der Waals surface area contributed by atoms with Crippen LogP contribution in [0.15, 0.2) is 36.0 Å². The molecule has 5 rings (SSSR count). The predicted octanol–water partition coefficient (Wildman–Crippen LogP) is 2.51. The maximum Gasteiger partial charge on any atom is 0.222 e. The molecule has 1 aliphatic rings. The number of anilines is 1. The van der Waals surface area contributed by atoms with Gasteiger partial charge in [0.1, 0.15) is 23.5 Å². The molecular formula is C18H17N5O3S2. The van der Waals surface area contributed by atoms with Crippen molar-refractivity contribution in [2.24, 2.45) is 0 Å². The van der Waals surface area contributed by atoms with E-state index in [0.717, 1.165) is 9.75 Å². The fraction of sp³-hybridized carbons (Fsp3) is 0.278. The second-order valence-corrected chi connectivity index (χ2v) is 8.54. The van der Waals surface area contributed by atoms with Crippen LogP contribution in [-0.4, -0.2) is 48.5 Å². The molecular weight excluding hydrogens is 398 g/mol. The van der Waals surface area contributed by atoms with Gasteiger partial charge < -0.3 is 20.7 Å². The van der Waals surface area contributed by atoms with Crippen molar-refractivity contribution in [2.45, 2.75) is 24.9 Å². The van der Waals surface area contributed by atoms with E-state index in [1.165, 1.54) is 4.88 Å². The minimum Gasteiger partial charge on any atom is -0.394 e. The summed E-state index contributed by atoms with van der Waals surface area (Å²) in [4.78, 5) is 16.6. The highest BCUT2D eigenvalue weighted by Crippen LogP contribution is 2.39. The van der Waals surface area contributed by atoms with Crippen LogP contribution in [0.4, 0.5) is 5.95 Å². The van der Waals surface area contributed by atoms with Gasteiger partial charge in [-0.1, -0.05) is 6.07 Å². The molecule has 0 saturated carbocycles. The van der Waals surface area contributed by atoms with Gasteiger partial charge in [0.05, 0.1) is 23.9 Å². The van der Waals surface area contributed by atoms with Crippen LogP contribution in [0.2, 0.25) is 0 Å². The predicted molar refractivity (Wildman–Crippen MR) is 108 cm³/mol. The van der Waals surface area contributed by atoms with Gasteiger partial charge in [-0.3, -0.25) is 4.57 Å². The summed E-state index contributed by atoms with van der Waals surface area (Å²) in [6.07, 6.45) is 0.137. The second-order valence-electron chi connectivity index (χ2n) is 6.51. The monoisotopic (exact) mass is 415 g/mol. The number of rotatable bonds is 4. The van der Waals surface area contributed by atoms with E-state index in [9.17, 15) is 10.2 Å². The van der Waals surface area contributed by atoms with Crippen molar-refractivity contribution in [2.75, 3.05) is 12.3 Å². The fourth-order valence-corrected chi connectivity index (χ4v) is 5.21. The third-order valence-corrected chi connectivity index (χ3v) is 6.89. The third kappa shape index (κ3) is 2.90. The molecule has 0 radical (unpaired) electrons. The van der Waals surface area contributed by atoms with Crippen LogP contribution in [0.5, 0.6) is 0 Å². The highest BCUT2D eigenvalue weighted by Gasteiger charge is 2.35. The number of hydrogen-bond acceptors (Lipinski definition) is 9. The van der Waals surface area contributed by atoms with Gasteiger partial charge in [0.2, 0.25) is 5.95 Å². The maximum atomic E-state index is 10.0. The molecule has 0 amide bonds. The number of thiophene rings is 2. The third-order valence-electron chi connectivity index (χ3n) is 4.74. The number of fused-ring (bicyclic) bond motifs is 1. The lowest BCUT2D eigenvalue weighted by molar-refractivity contribution is -0.0432. The Kier molecular flexibility index (Phi) is 4.37. The number of ether oxygens (including phenoxy) is 1. The van der Waals surface area contributed by atoms with Crippen molar-refractivity contribution >= 4 is 39.8 Å². The first-order valence-corrected chi connectivity index (χ1v) is 10.4. The summed E-state index contributed by atoms with van der Waals surface area (Å²) >= 11 is 3.31. The second kappa shape index (κ2) is 6.90. The summed E-state index contributed by atoms with van der Waals surface area (Å²) in [5.74, 6) is 0.146. The smallest absolute Gasteiger partial charge is 0.222 e. The molecule has 4 aromatic heterocycles. The lowest BCUT2D eigenvalue weighted by atomic mass is 10.2. The zero-order chi connectivity index (χ0) is 19.3. The van der Waals surface area contributed by atoms with Crippen LogP contribution in [0.25, 0.3) is 31.5 Å². The molecule has 8 nitrogen and oxygen atoms in total. The molecule has 0 aliphatic carbocycles. The molecule has 144 valence electrons. The summed E-state index contributed by atoms with van der Waals surface area (Å²) in [5, 5.41) is 21.4. The fourth-order valence-electron chi connectivity index (χ4n) is 3.38. The molecule has 0 bridgehead atoms. The average Bonchev–Trinajstić information content (AvgIpc) is 3.46. The standard InChI is InChI=1S/C18H17N5O3S2/c19-18-21-15(13-4-3-12(28-13)11-2-1-5-27-11)16-17(22-18)23(8-20-16)14-6-9(25)10(7-24)26-14/h1-5,8-10,14,24-25H,6-7H2,(H2,19,21,22)/t9-,10+,14+/m0/s1. The Labute approximate surface area is 167 Å². The molecule has 5 heterocycles. The number of aliphatic hydroxyl groups excluding tert-OH is 2. The molecule has 4 aromatic rings. The van der Waals surface area contributed by atoms with E-state index in [0.29, 0.717) is 23.3 Å². The number of imidazole rings is 1. The van der Waals surface area contributed by atoms with Crippen molar-refractivity contribution in [3.63, 3.8) is 0 Å². The zero-order valence-corrected chi connectivity index (χ0v) is 16.2. The summed E-state index contributed by atoms with van der Waals surface area (Å²) in [7, 11) is 0. The minimum absolute atomic E-state index is 0.146. The van der Waals surface area contributed by atoms with Gasteiger partial charge in [0.25, 0.3) is 0 Å². The average molecular weight is 416 g/mol. The van der Waals surface area contributed by atoms with Crippen molar-refractivity contribution in [1.82, 2.24) is 19.5 Å². The summed E-state index contributed by atoms with van der Waals surface area (Å²) in [6.45, 7) is -0.243. The highest BCUT2D eigenvalue weighted by molar-refractivity contribution is 7.23. The van der Waals surface area contributed by atoms with Crippen molar-refractivity contribution < 1.29 is 14.9 Å². The van der Waals surface area contributed by atoms with Crippen LogP contribution < -0.4 is 5.73 Å². The Balaban J connectivity index is 1.57. The number of nitrogen functional groups attached to an aromatic ring is 1. The first kappa shape index (κ1) is 17.7. The van der Waals surface area contributed by atoms with Gasteiger partial charge in [-0.15, -0.1) is 22.7 Å². The van der Waals surface area contributed by atoms with E-state index >= 15 is 0 Å².